The first-order valence-corrected chi connectivity index (χ1v) is 19.0. The summed E-state index contributed by atoms with van der Waals surface area (Å²) in [6, 6.07) is 12.9. The van der Waals surface area contributed by atoms with Crippen LogP contribution < -0.4 is 20.1 Å². The number of carbonyl (C=O) groups excluding carboxylic acids is 2. The van der Waals surface area contributed by atoms with Gasteiger partial charge in [-0.25, -0.2) is 13.2 Å². The van der Waals surface area contributed by atoms with Gasteiger partial charge in [-0.1, -0.05) is 57.0 Å². The Balaban J connectivity index is 1.20. The number of benzene rings is 2. The van der Waals surface area contributed by atoms with E-state index >= 15 is 0 Å². The maximum atomic E-state index is 14.4. The Morgan fingerprint density at radius 1 is 1.04 bits per heavy atom. The lowest BCUT2D eigenvalue weighted by Gasteiger charge is -2.35. The molecule has 3 N–H and O–H groups in total. The van der Waals surface area contributed by atoms with Crippen molar-refractivity contribution in [2.45, 2.75) is 88.2 Å². The molecule has 3 aliphatic heterocycles. The molecule has 1 aliphatic carbocycles. The molecule has 5 atom stereocenters. The van der Waals surface area contributed by atoms with Crippen molar-refractivity contribution < 1.29 is 46.8 Å². The zero-order chi connectivity index (χ0) is 35.3. The second kappa shape index (κ2) is 15.9. The molecular weight excluding hydrogens is 666 g/mol. The molecule has 3 heterocycles. The summed E-state index contributed by atoms with van der Waals surface area (Å²) in [5.74, 6) is 0.775. The summed E-state index contributed by atoms with van der Waals surface area (Å²) >= 11 is 0. The maximum absolute atomic E-state index is 14.4. The van der Waals surface area contributed by atoms with Gasteiger partial charge in [-0.3, -0.25) is 4.79 Å². The molecule has 0 radical (unpaired) electrons. The van der Waals surface area contributed by atoms with Crippen molar-refractivity contribution in [2.24, 2.45) is 17.3 Å². The fourth-order valence-electron chi connectivity index (χ4n) is 7.20. The highest BCUT2D eigenvalue weighted by atomic mass is 32.2. The van der Waals surface area contributed by atoms with E-state index < -0.39 is 46.1 Å². The van der Waals surface area contributed by atoms with Crippen LogP contribution in [0.3, 0.4) is 0 Å². The van der Waals surface area contributed by atoms with E-state index in [1.165, 1.54) is 16.4 Å². The fraction of sp³-hybridized carbons (Fsp3) is 0.611. The van der Waals surface area contributed by atoms with Crippen LogP contribution in [0.2, 0.25) is 0 Å². The fourth-order valence-corrected chi connectivity index (χ4v) is 8.87. The molecule has 2 aromatic rings. The molecule has 0 unspecified atom stereocenters. The molecule has 0 bridgehead atoms. The lowest BCUT2D eigenvalue weighted by Crippen LogP contribution is -2.52. The van der Waals surface area contributed by atoms with Crippen LogP contribution in [0, 0.1) is 17.3 Å². The second-order valence-electron chi connectivity index (χ2n) is 14.5. The number of ether oxygens (including phenoxy) is 5. The van der Waals surface area contributed by atoms with Crippen molar-refractivity contribution in [1.29, 1.82) is 0 Å². The third kappa shape index (κ3) is 8.89. The highest BCUT2D eigenvalue weighted by Gasteiger charge is 2.44. The van der Waals surface area contributed by atoms with Crippen LogP contribution in [0.15, 0.2) is 53.4 Å². The molecule has 2 amide bonds. The maximum Gasteiger partial charge on any atom is 0.407 e. The first kappa shape index (κ1) is 36.4. The molecule has 2 aromatic carbocycles. The Bertz CT molecular complexity index is 1580. The summed E-state index contributed by atoms with van der Waals surface area (Å²) in [6.07, 6.45) is 2.40. The number of aliphatic hydroxyl groups is 1. The van der Waals surface area contributed by atoms with Crippen molar-refractivity contribution >= 4 is 22.0 Å². The number of rotatable bonds is 15. The van der Waals surface area contributed by atoms with Crippen LogP contribution in [0.1, 0.15) is 57.9 Å². The van der Waals surface area contributed by atoms with Gasteiger partial charge < -0.3 is 39.4 Å². The Morgan fingerprint density at radius 2 is 1.80 bits per heavy atom. The highest BCUT2D eigenvalue weighted by molar-refractivity contribution is 7.89. The Hall–Kier alpha value is -3.43. The van der Waals surface area contributed by atoms with Gasteiger partial charge in [-0.2, -0.15) is 4.31 Å². The van der Waals surface area contributed by atoms with E-state index in [9.17, 15) is 23.1 Å². The summed E-state index contributed by atoms with van der Waals surface area (Å²) in [5.41, 5.74) is 0.240. The number of carbonyl (C=O) groups is 2. The van der Waals surface area contributed by atoms with Gasteiger partial charge in [0.25, 0.3) is 0 Å². The van der Waals surface area contributed by atoms with Gasteiger partial charge in [0.2, 0.25) is 22.7 Å². The van der Waals surface area contributed by atoms with Crippen LogP contribution in [0.5, 0.6) is 11.5 Å². The van der Waals surface area contributed by atoms with Gasteiger partial charge in [0, 0.05) is 31.6 Å². The Kier molecular flexibility index (Phi) is 11.5. The lowest BCUT2D eigenvalue weighted by molar-refractivity contribution is -0.124. The zero-order valence-electron chi connectivity index (χ0n) is 28.8. The number of nitrogens with zero attached hydrogens (tertiary/aromatic N) is 1. The molecule has 1 saturated carbocycles. The minimum atomic E-state index is -4.19. The number of nitrogens with one attached hydrogen (secondary N) is 2. The van der Waals surface area contributed by atoms with Crippen molar-refractivity contribution in [3.63, 3.8) is 0 Å². The van der Waals surface area contributed by atoms with Crippen molar-refractivity contribution in [1.82, 2.24) is 14.9 Å². The third-order valence-corrected chi connectivity index (χ3v) is 11.9. The van der Waals surface area contributed by atoms with Gasteiger partial charge in [-0.05, 0) is 55.2 Å². The third-order valence-electron chi connectivity index (χ3n) is 10.1. The minimum absolute atomic E-state index is 0.00871. The second-order valence-corrected chi connectivity index (χ2v) is 16.4. The average Bonchev–Trinajstić information content (AvgIpc) is 3.91. The van der Waals surface area contributed by atoms with Gasteiger partial charge in [-0.15, -0.1) is 0 Å². The summed E-state index contributed by atoms with van der Waals surface area (Å²) < 4.78 is 57.7. The van der Waals surface area contributed by atoms with Crippen LogP contribution in [0.25, 0.3) is 0 Å². The number of hydrogen-bond acceptors (Lipinski definition) is 10. The monoisotopic (exact) mass is 715 g/mol. The SMILES string of the molecule is CC(C)(CCNC(=O)C1CCCC1)CN(C[C@@H](O)[C@H](Cc1ccccc1)NC(=O)O[C@H]1CO[C@H]2OCC[C@H]21)S(=O)(=O)c1ccc2c(c1)OCO2. The van der Waals surface area contributed by atoms with E-state index in [4.69, 9.17) is 23.7 Å². The molecule has 2 saturated heterocycles. The van der Waals surface area contributed by atoms with Gasteiger partial charge in [0.15, 0.2) is 17.8 Å². The summed E-state index contributed by atoms with van der Waals surface area (Å²) in [5, 5.41) is 17.7. The number of hydrogen-bond donors (Lipinski definition) is 3. The smallest absolute Gasteiger partial charge is 0.407 e. The van der Waals surface area contributed by atoms with E-state index in [-0.39, 0.29) is 55.5 Å². The Morgan fingerprint density at radius 3 is 2.58 bits per heavy atom. The molecule has 6 rings (SSSR count). The van der Waals surface area contributed by atoms with Crippen molar-refractivity contribution in [3.05, 3.63) is 54.1 Å². The van der Waals surface area contributed by atoms with E-state index in [1.807, 2.05) is 44.2 Å². The first-order chi connectivity index (χ1) is 24.0. The largest absolute Gasteiger partial charge is 0.454 e. The van der Waals surface area contributed by atoms with Crippen molar-refractivity contribution in [2.75, 3.05) is 39.6 Å². The van der Waals surface area contributed by atoms with Crippen LogP contribution >= 0.6 is 0 Å². The molecular formula is C36H49N3O10S. The average molecular weight is 716 g/mol. The summed E-state index contributed by atoms with van der Waals surface area (Å²) in [7, 11) is -4.19. The number of amides is 2. The predicted molar refractivity (Wildman–Crippen MR) is 182 cm³/mol. The predicted octanol–water partition coefficient (Wildman–Crippen LogP) is 3.59. The van der Waals surface area contributed by atoms with Crippen LogP contribution in [-0.4, -0.2) is 94.0 Å². The van der Waals surface area contributed by atoms with Gasteiger partial charge >= 0.3 is 6.09 Å². The summed E-state index contributed by atoms with van der Waals surface area (Å²) in [6.45, 7) is 4.71. The molecule has 50 heavy (non-hydrogen) atoms. The van der Waals surface area contributed by atoms with Gasteiger partial charge in [0.05, 0.1) is 36.2 Å². The minimum Gasteiger partial charge on any atom is -0.454 e. The van der Waals surface area contributed by atoms with Crippen LogP contribution in [0.4, 0.5) is 4.79 Å². The first-order valence-electron chi connectivity index (χ1n) is 17.6. The normalized spacial score (nSPS) is 23.1. The molecule has 0 spiro atoms. The number of aliphatic hydroxyl groups excluding tert-OH is 1. The van der Waals surface area contributed by atoms with E-state index in [0.29, 0.717) is 37.5 Å². The lowest BCUT2D eigenvalue weighted by atomic mass is 9.89. The van der Waals surface area contributed by atoms with Crippen LogP contribution in [-0.2, 0) is 35.4 Å². The summed E-state index contributed by atoms with van der Waals surface area (Å²) in [4.78, 5) is 25.9. The Labute approximate surface area is 294 Å². The number of fused-ring (bicyclic) bond motifs is 2. The molecule has 13 nitrogen and oxygen atoms in total. The quantitative estimate of drug-likeness (QED) is 0.249. The molecule has 4 aliphatic rings. The van der Waals surface area contributed by atoms with E-state index in [1.54, 1.807) is 6.07 Å². The van der Waals surface area contributed by atoms with E-state index in [2.05, 4.69) is 10.6 Å². The van der Waals surface area contributed by atoms with Crippen molar-refractivity contribution in [3.8, 4) is 11.5 Å². The molecule has 14 heteroatoms. The highest BCUT2D eigenvalue weighted by Crippen LogP contribution is 2.36. The van der Waals surface area contributed by atoms with E-state index in [0.717, 1.165) is 31.2 Å². The molecule has 274 valence electrons. The molecule has 3 fully saturated rings. The topological polar surface area (TPSA) is 162 Å². The number of sulfonamides is 1. The number of alkyl carbamates (subject to hydrolysis) is 1. The zero-order valence-corrected chi connectivity index (χ0v) is 29.6. The standard InChI is InChI=1S/C36H49N3O10S/c1-36(2,15-16-37-33(41)25-10-6-7-11-25)22-39(50(43,44)26-12-13-30-31(19-26)48-23-47-30)20-29(40)28(18-24-8-4-3-5-9-24)38-35(42)49-32-21-46-34-27(32)14-17-45-34/h3-5,8-9,12-13,19,25,27-29,32,34,40H,6-7,10-11,14-18,20-23H2,1-2H3,(H,37,41)(H,38,42)/t27-,28-,29+,32-,34+/m0/s1. The molecule has 0 aromatic heterocycles. The van der Waals surface area contributed by atoms with Gasteiger partial charge in [0.1, 0.15) is 6.10 Å².